The van der Waals surface area contributed by atoms with Gasteiger partial charge in [0.1, 0.15) is 11.5 Å². The molecule has 4 nitrogen and oxygen atoms in total. The van der Waals surface area contributed by atoms with E-state index in [2.05, 4.69) is 0 Å². The van der Waals surface area contributed by atoms with Crippen molar-refractivity contribution in [2.45, 2.75) is 13.0 Å². The molecule has 1 atom stereocenters. The van der Waals surface area contributed by atoms with Gasteiger partial charge in [-0.3, -0.25) is 0 Å². The average Bonchev–Trinajstić information content (AvgIpc) is 2.54. The molecule has 21 heavy (non-hydrogen) atoms. The van der Waals surface area contributed by atoms with E-state index in [9.17, 15) is 4.79 Å². The molecule has 2 aromatic rings. The maximum Gasteiger partial charge on any atom is 0.352 e. The molecule has 2 aromatic carbocycles. The molecule has 0 bridgehead atoms. The Kier molecular flexibility index (Phi) is 5.21. The van der Waals surface area contributed by atoms with E-state index in [-0.39, 0.29) is 0 Å². The monoisotopic (exact) mass is 286 g/mol. The molecule has 0 saturated carbocycles. The van der Waals surface area contributed by atoms with Crippen LogP contribution in [0.1, 0.15) is 18.6 Å². The highest BCUT2D eigenvalue weighted by Crippen LogP contribution is 2.25. The van der Waals surface area contributed by atoms with E-state index >= 15 is 0 Å². The summed E-state index contributed by atoms with van der Waals surface area (Å²) in [6, 6.07) is 16.4. The maximum absolute atomic E-state index is 12.1. The molecule has 110 valence electrons. The predicted octanol–water partition coefficient (Wildman–Crippen LogP) is 3.38. The number of para-hydroxylation sites is 1. The molecule has 0 saturated heterocycles. The van der Waals surface area contributed by atoms with Gasteiger partial charge in [-0.2, -0.15) is 0 Å². The summed E-state index contributed by atoms with van der Waals surface area (Å²) in [7, 11) is 1.60. The van der Waals surface area contributed by atoms with Crippen LogP contribution in [0, 0.1) is 0 Å². The molecular formula is C17H18O4. The van der Waals surface area contributed by atoms with Crippen LogP contribution in [-0.2, 0) is 9.53 Å². The Bertz CT molecular complexity index is 563. The fourth-order valence-electron chi connectivity index (χ4n) is 1.88. The van der Waals surface area contributed by atoms with E-state index in [1.54, 1.807) is 50.4 Å². The predicted molar refractivity (Wildman–Crippen MR) is 79.4 cm³/mol. The van der Waals surface area contributed by atoms with Crippen molar-refractivity contribution >= 4 is 5.97 Å². The quantitative estimate of drug-likeness (QED) is 0.764. The first-order valence-corrected chi connectivity index (χ1v) is 6.77. The van der Waals surface area contributed by atoms with Crippen molar-refractivity contribution in [3.05, 3.63) is 60.2 Å². The number of benzene rings is 2. The Balaban J connectivity index is 2.24. The van der Waals surface area contributed by atoms with Crippen LogP contribution >= 0.6 is 0 Å². The van der Waals surface area contributed by atoms with Gasteiger partial charge in [-0.05, 0) is 31.2 Å². The minimum absolute atomic E-state index is 0.309. The van der Waals surface area contributed by atoms with Gasteiger partial charge < -0.3 is 14.2 Å². The number of esters is 1. The smallest absolute Gasteiger partial charge is 0.352 e. The van der Waals surface area contributed by atoms with Gasteiger partial charge in [0.2, 0.25) is 6.10 Å². The molecule has 4 heteroatoms. The molecule has 0 aliphatic carbocycles. The first kappa shape index (κ1) is 14.9. The number of hydrogen-bond acceptors (Lipinski definition) is 4. The second-order valence-corrected chi connectivity index (χ2v) is 4.34. The summed E-state index contributed by atoms with van der Waals surface area (Å²) in [6.07, 6.45) is -0.793. The Labute approximate surface area is 124 Å². The van der Waals surface area contributed by atoms with Crippen molar-refractivity contribution < 1.29 is 19.0 Å². The van der Waals surface area contributed by atoms with Gasteiger partial charge in [-0.1, -0.05) is 30.3 Å². The van der Waals surface area contributed by atoms with Gasteiger partial charge in [0.05, 0.1) is 13.7 Å². The summed E-state index contributed by atoms with van der Waals surface area (Å²) in [4.78, 5) is 12.1. The van der Waals surface area contributed by atoms with Gasteiger partial charge in [-0.25, -0.2) is 4.79 Å². The summed E-state index contributed by atoms with van der Waals surface area (Å²) >= 11 is 0. The summed E-state index contributed by atoms with van der Waals surface area (Å²) in [5.74, 6) is 0.930. The van der Waals surface area contributed by atoms with E-state index in [4.69, 9.17) is 14.2 Å². The summed E-state index contributed by atoms with van der Waals surface area (Å²) in [5.41, 5.74) is 0.720. The average molecular weight is 286 g/mol. The molecule has 0 spiro atoms. The molecule has 0 aliphatic rings. The summed E-state index contributed by atoms with van der Waals surface area (Å²) in [6.45, 7) is 2.08. The van der Waals surface area contributed by atoms with E-state index in [0.29, 0.717) is 12.4 Å². The topological polar surface area (TPSA) is 44.8 Å². The van der Waals surface area contributed by atoms with Crippen LogP contribution in [0.4, 0.5) is 0 Å². The Hall–Kier alpha value is -2.49. The zero-order valence-corrected chi connectivity index (χ0v) is 12.1. The van der Waals surface area contributed by atoms with Crippen LogP contribution < -0.4 is 9.47 Å². The minimum Gasteiger partial charge on any atom is -0.497 e. The van der Waals surface area contributed by atoms with Gasteiger partial charge >= 0.3 is 5.97 Å². The Morgan fingerprint density at radius 3 is 2.24 bits per heavy atom. The fraction of sp³-hybridized carbons (Fsp3) is 0.235. The molecular weight excluding hydrogens is 268 g/mol. The summed E-state index contributed by atoms with van der Waals surface area (Å²) < 4.78 is 16.0. The number of carbonyl (C=O) groups excluding carboxylic acids is 1. The second-order valence-electron chi connectivity index (χ2n) is 4.34. The van der Waals surface area contributed by atoms with Gasteiger partial charge in [-0.15, -0.1) is 0 Å². The zero-order valence-electron chi connectivity index (χ0n) is 12.1. The molecule has 0 heterocycles. The third-order valence-corrected chi connectivity index (χ3v) is 2.92. The highest BCUT2D eigenvalue weighted by molar-refractivity contribution is 5.77. The van der Waals surface area contributed by atoms with E-state index < -0.39 is 12.1 Å². The van der Waals surface area contributed by atoms with Crippen LogP contribution in [0.25, 0.3) is 0 Å². The molecule has 0 radical (unpaired) electrons. The summed E-state index contributed by atoms with van der Waals surface area (Å²) in [5, 5.41) is 0. The van der Waals surface area contributed by atoms with Crippen molar-refractivity contribution in [3.63, 3.8) is 0 Å². The largest absolute Gasteiger partial charge is 0.497 e. The SMILES string of the molecule is CCOC(=O)C(Oc1ccccc1)c1ccc(OC)cc1. The number of carbonyl (C=O) groups is 1. The van der Waals surface area contributed by atoms with Crippen molar-refractivity contribution in [3.8, 4) is 11.5 Å². The number of methoxy groups -OCH3 is 1. The Morgan fingerprint density at radius 1 is 1.00 bits per heavy atom. The van der Waals surface area contributed by atoms with E-state index in [0.717, 1.165) is 11.3 Å². The zero-order chi connectivity index (χ0) is 15.1. The van der Waals surface area contributed by atoms with Crippen molar-refractivity contribution in [2.75, 3.05) is 13.7 Å². The van der Waals surface area contributed by atoms with Crippen LogP contribution in [-0.4, -0.2) is 19.7 Å². The molecule has 0 aromatic heterocycles. The second kappa shape index (κ2) is 7.33. The van der Waals surface area contributed by atoms with Crippen molar-refractivity contribution in [1.29, 1.82) is 0 Å². The lowest BCUT2D eigenvalue weighted by Crippen LogP contribution is -2.21. The number of rotatable bonds is 6. The third kappa shape index (κ3) is 3.99. The van der Waals surface area contributed by atoms with Crippen LogP contribution in [0.3, 0.4) is 0 Å². The number of ether oxygens (including phenoxy) is 3. The first-order chi connectivity index (χ1) is 10.2. The number of hydrogen-bond donors (Lipinski definition) is 0. The Morgan fingerprint density at radius 2 is 1.67 bits per heavy atom. The third-order valence-electron chi connectivity index (χ3n) is 2.92. The van der Waals surface area contributed by atoms with E-state index in [1.165, 1.54) is 0 Å². The standard InChI is InChI=1S/C17H18O4/c1-3-20-17(18)16(21-15-7-5-4-6-8-15)13-9-11-14(19-2)12-10-13/h4-12,16H,3H2,1-2H3. The van der Waals surface area contributed by atoms with Gasteiger partial charge in [0.15, 0.2) is 0 Å². The lowest BCUT2D eigenvalue weighted by Gasteiger charge is -2.18. The molecule has 1 unspecified atom stereocenters. The fourth-order valence-corrected chi connectivity index (χ4v) is 1.88. The van der Waals surface area contributed by atoms with Crippen LogP contribution in [0.5, 0.6) is 11.5 Å². The molecule has 2 rings (SSSR count). The normalized spacial score (nSPS) is 11.5. The highest BCUT2D eigenvalue weighted by Gasteiger charge is 2.24. The lowest BCUT2D eigenvalue weighted by molar-refractivity contribution is -0.151. The maximum atomic E-state index is 12.1. The minimum atomic E-state index is -0.793. The van der Waals surface area contributed by atoms with Crippen LogP contribution in [0.2, 0.25) is 0 Å². The molecule has 0 aliphatic heterocycles. The van der Waals surface area contributed by atoms with Gasteiger partial charge in [0, 0.05) is 5.56 Å². The van der Waals surface area contributed by atoms with Crippen molar-refractivity contribution in [2.24, 2.45) is 0 Å². The molecule has 0 amide bonds. The molecule has 0 N–H and O–H groups in total. The van der Waals surface area contributed by atoms with E-state index in [1.807, 2.05) is 18.2 Å². The molecule has 0 fully saturated rings. The highest BCUT2D eigenvalue weighted by atomic mass is 16.6. The first-order valence-electron chi connectivity index (χ1n) is 6.77. The van der Waals surface area contributed by atoms with Crippen LogP contribution in [0.15, 0.2) is 54.6 Å². The van der Waals surface area contributed by atoms with Crippen molar-refractivity contribution in [1.82, 2.24) is 0 Å². The van der Waals surface area contributed by atoms with Gasteiger partial charge in [0.25, 0.3) is 0 Å². The lowest BCUT2D eigenvalue weighted by atomic mass is 10.1.